The fourth-order valence-corrected chi connectivity index (χ4v) is 2.14. The van der Waals surface area contributed by atoms with Crippen LogP contribution in [-0.4, -0.2) is 58.5 Å². The Labute approximate surface area is 165 Å². The summed E-state index contributed by atoms with van der Waals surface area (Å²) < 4.78 is 19.2. The summed E-state index contributed by atoms with van der Waals surface area (Å²) in [5.41, 5.74) is 0. The van der Waals surface area contributed by atoms with E-state index in [1.807, 2.05) is 0 Å². The third kappa shape index (κ3) is 7.69. The normalized spacial score (nSPS) is 32.6. The molecule has 10 nitrogen and oxygen atoms in total. The van der Waals surface area contributed by atoms with Crippen LogP contribution in [0, 0.1) is 0 Å². The molecule has 0 aliphatic carbocycles. The van der Waals surface area contributed by atoms with Gasteiger partial charge in [0.15, 0.2) is 6.29 Å². The van der Waals surface area contributed by atoms with Crippen molar-refractivity contribution in [3.8, 4) is 0 Å². The number of rotatable bonds is 4. The average Bonchev–Trinajstić information content (AvgIpc) is 2.26. The van der Waals surface area contributed by atoms with Crippen molar-refractivity contribution in [1.29, 1.82) is 0 Å². The number of carbonyl (C=O) groups is 1. The largest absolute Gasteiger partial charge is 1.00 e. The Kier molecular flexibility index (Phi) is 12.1. The molecule has 5 atom stereocenters. The van der Waals surface area contributed by atoms with Gasteiger partial charge in [0.05, 0.1) is 20.5 Å². The molecule has 0 radical (unpaired) electrons. The predicted octanol–water partition coefficient (Wildman–Crippen LogP) is -10.2. The molecule has 0 spiro atoms. The standard InChI is InChI=1S/C8H16NO9P.2Na/c1-3(11)9-5-4(2-10)17-8(7(13)6(5)12)18-19(14,15)16;;/h4-8,10,12-13H,2H2,1H3,(H,9,11)(H2,14,15,16);;/q;2*+1/p-2/t4-,5-,6+,7-,8-;;/m1../s1. The maximum atomic E-state index is 10.9. The Morgan fingerprint density at radius 2 is 1.86 bits per heavy atom. The van der Waals surface area contributed by atoms with E-state index in [9.17, 15) is 29.4 Å². The van der Waals surface area contributed by atoms with Crippen LogP contribution in [0.3, 0.4) is 0 Å². The molecule has 112 valence electrons. The number of nitrogens with one attached hydrogen (secondary N) is 1. The van der Waals surface area contributed by atoms with Crippen molar-refractivity contribution >= 4 is 13.7 Å². The van der Waals surface area contributed by atoms with Gasteiger partial charge in [-0.1, -0.05) is 0 Å². The van der Waals surface area contributed by atoms with E-state index in [0.717, 1.165) is 6.92 Å². The second kappa shape index (κ2) is 10.3. The van der Waals surface area contributed by atoms with E-state index in [4.69, 9.17) is 9.84 Å². The van der Waals surface area contributed by atoms with Gasteiger partial charge in [-0.2, -0.15) is 0 Å². The van der Waals surface area contributed by atoms with Gasteiger partial charge in [-0.15, -0.1) is 0 Å². The summed E-state index contributed by atoms with van der Waals surface area (Å²) in [5, 5.41) is 30.6. The zero-order valence-corrected chi connectivity index (χ0v) is 16.7. The molecule has 4 N–H and O–H groups in total. The molecule has 1 aliphatic rings. The van der Waals surface area contributed by atoms with Crippen molar-refractivity contribution in [3.63, 3.8) is 0 Å². The summed E-state index contributed by atoms with van der Waals surface area (Å²) in [5.74, 6) is -0.559. The Morgan fingerprint density at radius 1 is 1.33 bits per heavy atom. The van der Waals surface area contributed by atoms with E-state index in [0.29, 0.717) is 0 Å². The number of aliphatic hydroxyl groups is 3. The van der Waals surface area contributed by atoms with Crippen molar-refractivity contribution in [2.24, 2.45) is 0 Å². The van der Waals surface area contributed by atoms with Crippen LogP contribution < -0.4 is 74.2 Å². The van der Waals surface area contributed by atoms with Gasteiger partial charge < -0.3 is 44.2 Å². The first-order chi connectivity index (χ1) is 8.65. The van der Waals surface area contributed by atoms with Crippen molar-refractivity contribution in [2.75, 3.05) is 6.61 Å². The number of hydrogen-bond donors (Lipinski definition) is 4. The van der Waals surface area contributed by atoms with Crippen LogP contribution in [0.15, 0.2) is 0 Å². The van der Waals surface area contributed by atoms with E-state index in [2.05, 4.69) is 9.84 Å². The third-order valence-corrected chi connectivity index (χ3v) is 2.96. The molecule has 13 heteroatoms. The average molecular weight is 345 g/mol. The summed E-state index contributed by atoms with van der Waals surface area (Å²) in [6.45, 7) is 0.441. The van der Waals surface area contributed by atoms with Gasteiger partial charge >= 0.3 is 59.1 Å². The van der Waals surface area contributed by atoms with Gasteiger partial charge in [0.1, 0.15) is 18.3 Å². The van der Waals surface area contributed by atoms with E-state index < -0.39 is 51.0 Å². The fraction of sp³-hybridized carbons (Fsp3) is 0.875. The molecule has 1 amide bonds. The number of amides is 1. The van der Waals surface area contributed by atoms with Crippen LogP contribution in [0.1, 0.15) is 6.92 Å². The molecule has 0 aromatic rings. The second-order valence-corrected chi connectivity index (χ2v) is 5.09. The van der Waals surface area contributed by atoms with Crippen molar-refractivity contribution < 1.29 is 103 Å². The molecule has 1 heterocycles. The quantitative estimate of drug-likeness (QED) is 0.285. The minimum Gasteiger partial charge on any atom is -0.790 e. The molecular weight excluding hydrogens is 331 g/mol. The summed E-state index contributed by atoms with van der Waals surface area (Å²) in [7, 11) is -5.45. The monoisotopic (exact) mass is 345 g/mol. The second-order valence-electron chi connectivity index (χ2n) is 3.99. The van der Waals surface area contributed by atoms with Crippen LogP contribution in [0.2, 0.25) is 0 Å². The van der Waals surface area contributed by atoms with Crippen molar-refractivity contribution in [3.05, 3.63) is 0 Å². The Balaban J connectivity index is 0. The molecule has 1 aliphatic heterocycles. The maximum Gasteiger partial charge on any atom is 1.00 e. The topological polar surface area (TPSA) is 171 Å². The minimum atomic E-state index is -5.45. The molecule has 0 saturated carbocycles. The zero-order chi connectivity index (χ0) is 14.8. The zero-order valence-electron chi connectivity index (χ0n) is 11.8. The molecular formula is C8H14NNa2O9P. The SMILES string of the molecule is CC(=O)N[C@H]1[C@H](O)[C@@H](O)[C@@H](OP(=O)([O-])[O-])O[C@@H]1CO.[Na+].[Na+]. The number of aliphatic hydroxyl groups excluding tert-OH is 3. The first kappa shape index (κ1) is 24.7. The maximum absolute atomic E-state index is 10.9. The predicted molar refractivity (Wildman–Crippen MR) is 54.1 cm³/mol. The molecule has 1 rings (SSSR count). The molecule has 0 bridgehead atoms. The van der Waals surface area contributed by atoms with Gasteiger partial charge in [-0.25, -0.2) is 0 Å². The van der Waals surface area contributed by atoms with E-state index in [-0.39, 0.29) is 59.1 Å². The van der Waals surface area contributed by atoms with E-state index in [1.54, 1.807) is 0 Å². The summed E-state index contributed by atoms with van der Waals surface area (Å²) >= 11 is 0. The molecule has 0 aromatic heterocycles. The molecule has 0 aromatic carbocycles. The Bertz CT molecular complexity index is 379. The van der Waals surface area contributed by atoms with Crippen molar-refractivity contribution in [2.45, 2.75) is 37.6 Å². The summed E-state index contributed by atoms with van der Waals surface area (Å²) in [6, 6.07) is -1.17. The van der Waals surface area contributed by atoms with Crippen molar-refractivity contribution in [1.82, 2.24) is 5.32 Å². The van der Waals surface area contributed by atoms with Gasteiger partial charge in [0.2, 0.25) is 5.91 Å². The van der Waals surface area contributed by atoms with E-state index >= 15 is 0 Å². The Morgan fingerprint density at radius 3 is 2.24 bits per heavy atom. The number of ether oxygens (including phenoxy) is 1. The molecule has 0 unspecified atom stereocenters. The molecule has 21 heavy (non-hydrogen) atoms. The Hall–Kier alpha value is 1.42. The van der Waals surface area contributed by atoms with Crippen LogP contribution in [0.5, 0.6) is 0 Å². The molecule has 1 saturated heterocycles. The van der Waals surface area contributed by atoms with Gasteiger partial charge in [0, 0.05) is 6.92 Å². The first-order valence-electron chi connectivity index (χ1n) is 5.25. The van der Waals surface area contributed by atoms with Crippen LogP contribution in [-0.2, 0) is 18.6 Å². The van der Waals surface area contributed by atoms with Gasteiger partial charge in [-0.3, -0.25) is 4.79 Å². The van der Waals surface area contributed by atoms with E-state index in [1.165, 1.54) is 0 Å². The van der Waals surface area contributed by atoms with Crippen LogP contribution >= 0.6 is 7.82 Å². The van der Waals surface area contributed by atoms with Crippen LogP contribution in [0.4, 0.5) is 0 Å². The smallest absolute Gasteiger partial charge is 0.790 e. The van der Waals surface area contributed by atoms with Crippen LogP contribution in [0.25, 0.3) is 0 Å². The third-order valence-electron chi connectivity index (χ3n) is 2.49. The minimum absolute atomic E-state index is 0. The first-order valence-corrected chi connectivity index (χ1v) is 6.72. The van der Waals surface area contributed by atoms with Gasteiger partial charge in [0.25, 0.3) is 0 Å². The summed E-state index contributed by atoms with van der Waals surface area (Å²) in [6.07, 6.45) is -6.74. The summed E-state index contributed by atoms with van der Waals surface area (Å²) in [4.78, 5) is 31.8. The fourth-order valence-electron chi connectivity index (χ4n) is 1.71. The number of phosphoric acid groups is 1. The van der Waals surface area contributed by atoms with Gasteiger partial charge in [-0.05, 0) is 0 Å². The number of phosphoric ester groups is 1. The number of carbonyl (C=O) groups excluding carboxylic acids is 1. The molecule has 1 fully saturated rings. The number of hydrogen-bond acceptors (Lipinski definition) is 9.